The Morgan fingerprint density at radius 3 is 2.89 bits per heavy atom. The van der Waals surface area contributed by atoms with Crippen LogP contribution in [0.4, 0.5) is 0 Å². The van der Waals surface area contributed by atoms with Gasteiger partial charge in [0.05, 0.1) is 16.8 Å². The van der Waals surface area contributed by atoms with Gasteiger partial charge in [-0.3, -0.25) is 4.79 Å². The van der Waals surface area contributed by atoms with Crippen molar-refractivity contribution >= 4 is 27.5 Å². The van der Waals surface area contributed by atoms with Crippen LogP contribution in [-0.4, -0.2) is 33.9 Å². The molecule has 0 amide bonds. The molecule has 0 aliphatic rings. The highest BCUT2D eigenvalue weighted by Gasteiger charge is 2.27. The zero-order valence-electron chi connectivity index (χ0n) is 10.1. The van der Waals surface area contributed by atoms with E-state index >= 15 is 0 Å². The van der Waals surface area contributed by atoms with Crippen LogP contribution in [-0.2, 0) is 9.53 Å². The molecule has 19 heavy (non-hydrogen) atoms. The van der Waals surface area contributed by atoms with Crippen LogP contribution in [0.5, 0.6) is 0 Å². The first-order valence-corrected chi connectivity index (χ1v) is 6.50. The molecule has 0 spiro atoms. The minimum absolute atomic E-state index is 0.126. The van der Waals surface area contributed by atoms with Gasteiger partial charge in [0.25, 0.3) is 0 Å². The molecule has 0 bridgehead atoms. The van der Waals surface area contributed by atoms with Gasteiger partial charge in [-0.15, -0.1) is 0 Å². The van der Waals surface area contributed by atoms with Gasteiger partial charge < -0.3 is 19.9 Å². The predicted molar refractivity (Wildman–Crippen MR) is 70.0 cm³/mol. The van der Waals surface area contributed by atoms with Gasteiger partial charge in [-0.2, -0.15) is 0 Å². The molecule has 1 aromatic heterocycles. The first-order chi connectivity index (χ1) is 9.02. The van der Waals surface area contributed by atoms with Crippen LogP contribution >= 0.6 is 11.3 Å². The molecule has 2 rings (SSSR count). The third-order valence-corrected chi connectivity index (χ3v) is 3.46. The second-order valence-electron chi connectivity index (χ2n) is 3.91. The van der Waals surface area contributed by atoms with Gasteiger partial charge in [-0.25, -0.2) is 4.79 Å². The first kappa shape index (κ1) is 13.7. The number of thiazole rings is 1. The number of hydrogen-bond acceptors (Lipinski definition) is 6. The number of benzene rings is 1. The molecule has 102 valence electrons. The highest BCUT2D eigenvalue weighted by Crippen LogP contribution is 2.23. The molecule has 1 heterocycles. The van der Waals surface area contributed by atoms with E-state index in [4.69, 9.17) is 0 Å². The minimum Gasteiger partial charge on any atom is -0.464 e. The smallest absolute Gasteiger partial charge is 0.338 e. The maximum Gasteiger partial charge on any atom is 0.338 e. The number of aromatic nitrogens is 1. The number of carbonyl (C=O) groups is 1. The van der Waals surface area contributed by atoms with E-state index in [0.29, 0.717) is 15.8 Å². The van der Waals surface area contributed by atoms with E-state index in [-0.39, 0.29) is 11.5 Å². The Hall–Kier alpha value is -1.70. The van der Waals surface area contributed by atoms with E-state index in [1.807, 2.05) is 0 Å². The van der Waals surface area contributed by atoms with Crippen LogP contribution in [0.25, 0.3) is 10.2 Å². The van der Waals surface area contributed by atoms with Crippen molar-refractivity contribution in [1.29, 1.82) is 0 Å². The summed E-state index contributed by atoms with van der Waals surface area (Å²) >= 11 is 0.994. The Balaban J connectivity index is 2.27. The highest BCUT2D eigenvalue weighted by molar-refractivity contribution is 7.16. The standard InChI is InChI=1S/C12H13NO5S/c1-2-18-11(16)10(15)9(14)6-3-4-7-8(5-6)19-12(17)13-7/h3-5,9-10,14-15H,2H2,1H3,(H,13,17). The summed E-state index contributed by atoms with van der Waals surface area (Å²) in [7, 11) is 0. The number of hydrogen-bond donors (Lipinski definition) is 3. The van der Waals surface area contributed by atoms with E-state index < -0.39 is 18.2 Å². The van der Waals surface area contributed by atoms with Gasteiger partial charge in [-0.05, 0) is 24.6 Å². The number of esters is 1. The van der Waals surface area contributed by atoms with Crippen molar-refractivity contribution in [2.24, 2.45) is 0 Å². The summed E-state index contributed by atoms with van der Waals surface area (Å²) < 4.78 is 5.29. The van der Waals surface area contributed by atoms with Crippen LogP contribution in [0.3, 0.4) is 0 Å². The van der Waals surface area contributed by atoms with Gasteiger partial charge in [-0.1, -0.05) is 17.4 Å². The van der Waals surface area contributed by atoms with Crippen LogP contribution in [0.2, 0.25) is 0 Å². The molecule has 6 nitrogen and oxygen atoms in total. The van der Waals surface area contributed by atoms with Crippen LogP contribution in [0.15, 0.2) is 23.0 Å². The zero-order valence-corrected chi connectivity index (χ0v) is 10.9. The SMILES string of the molecule is CCOC(=O)C(O)C(O)c1ccc2[nH]c(=O)sc2c1. The zero-order chi connectivity index (χ0) is 14.0. The second-order valence-corrected chi connectivity index (χ2v) is 4.93. The number of carbonyl (C=O) groups excluding carboxylic acids is 1. The Morgan fingerprint density at radius 2 is 2.21 bits per heavy atom. The number of fused-ring (bicyclic) bond motifs is 1. The fourth-order valence-corrected chi connectivity index (χ4v) is 2.47. The highest BCUT2D eigenvalue weighted by atomic mass is 32.1. The number of ether oxygens (including phenoxy) is 1. The van der Waals surface area contributed by atoms with E-state index in [1.54, 1.807) is 19.1 Å². The van der Waals surface area contributed by atoms with Gasteiger partial charge in [0, 0.05) is 0 Å². The summed E-state index contributed by atoms with van der Waals surface area (Å²) in [5.41, 5.74) is 1.000. The minimum atomic E-state index is -1.65. The van der Waals surface area contributed by atoms with Crippen molar-refractivity contribution in [3.63, 3.8) is 0 Å². The molecule has 1 aromatic carbocycles. The maximum atomic E-state index is 11.3. The van der Waals surface area contributed by atoms with Crippen molar-refractivity contribution < 1.29 is 19.7 Å². The summed E-state index contributed by atoms with van der Waals surface area (Å²) in [6.45, 7) is 1.74. The summed E-state index contributed by atoms with van der Waals surface area (Å²) in [6, 6.07) is 4.72. The molecule has 2 unspecified atom stereocenters. The largest absolute Gasteiger partial charge is 0.464 e. The van der Waals surface area contributed by atoms with Crippen molar-refractivity contribution in [3.05, 3.63) is 33.4 Å². The van der Waals surface area contributed by atoms with E-state index in [9.17, 15) is 19.8 Å². The lowest BCUT2D eigenvalue weighted by molar-refractivity contribution is -0.159. The number of nitrogens with one attached hydrogen (secondary N) is 1. The molecular formula is C12H13NO5S. The molecule has 0 aliphatic carbocycles. The Bertz CT molecular complexity index is 647. The van der Waals surface area contributed by atoms with Gasteiger partial charge in [0.15, 0.2) is 6.10 Å². The lowest BCUT2D eigenvalue weighted by Gasteiger charge is -2.16. The lowest BCUT2D eigenvalue weighted by Crippen LogP contribution is -2.29. The van der Waals surface area contributed by atoms with Gasteiger partial charge in [0.2, 0.25) is 0 Å². The Kier molecular flexibility index (Phi) is 3.98. The van der Waals surface area contributed by atoms with Crippen LogP contribution in [0.1, 0.15) is 18.6 Å². The summed E-state index contributed by atoms with van der Waals surface area (Å²) in [6.07, 6.45) is -3.03. The van der Waals surface area contributed by atoms with Crippen molar-refractivity contribution in [1.82, 2.24) is 4.98 Å². The van der Waals surface area contributed by atoms with Gasteiger partial charge in [0.1, 0.15) is 6.10 Å². The quantitative estimate of drug-likeness (QED) is 0.711. The topological polar surface area (TPSA) is 99.6 Å². The number of rotatable bonds is 4. The van der Waals surface area contributed by atoms with Crippen LogP contribution in [0, 0.1) is 0 Å². The number of aliphatic hydroxyl groups is 2. The number of H-pyrrole nitrogens is 1. The third-order valence-electron chi connectivity index (χ3n) is 2.61. The van der Waals surface area contributed by atoms with Crippen molar-refractivity contribution in [2.75, 3.05) is 6.61 Å². The predicted octanol–water partition coefficient (Wildman–Crippen LogP) is 0.547. The maximum absolute atomic E-state index is 11.3. The van der Waals surface area contributed by atoms with Crippen molar-refractivity contribution in [3.8, 4) is 0 Å². The molecule has 2 aromatic rings. The normalized spacial score (nSPS) is 14.3. The van der Waals surface area contributed by atoms with Gasteiger partial charge >= 0.3 is 10.8 Å². The molecule has 0 radical (unpaired) electrons. The molecular weight excluding hydrogens is 270 g/mol. The monoisotopic (exact) mass is 283 g/mol. The van der Waals surface area contributed by atoms with E-state index in [0.717, 1.165) is 11.3 Å². The molecule has 2 atom stereocenters. The molecule has 3 N–H and O–H groups in total. The summed E-state index contributed by atoms with van der Waals surface area (Å²) in [4.78, 5) is 24.9. The van der Waals surface area contributed by atoms with Crippen molar-refractivity contribution in [2.45, 2.75) is 19.1 Å². The molecule has 0 saturated heterocycles. The molecule has 0 fully saturated rings. The fraction of sp³-hybridized carbons (Fsp3) is 0.333. The fourth-order valence-electron chi connectivity index (χ4n) is 1.68. The van der Waals surface area contributed by atoms with E-state index in [2.05, 4.69) is 9.72 Å². The third kappa shape index (κ3) is 2.83. The van der Waals surface area contributed by atoms with Crippen LogP contribution < -0.4 is 4.87 Å². The summed E-state index contributed by atoms with van der Waals surface area (Å²) in [5, 5.41) is 19.6. The van der Waals surface area contributed by atoms with E-state index in [1.165, 1.54) is 6.07 Å². The number of aliphatic hydroxyl groups excluding tert-OH is 2. The molecule has 7 heteroatoms. The average Bonchev–Trinajstić information content (AvgIpc) is 2.76. The Morgan fingerprint density at radius 1 is 1.47 bits per heavy atom. The number of aromatic amines is 1. The molecule has 0 saturated carbocycles. The first-order valence-electron chi connectivity index (χ1n) is 5.68. The average molecular weight is 283 g/mol. The Labute approximate surface area is 112 Å². The second kappa shape index (κ2) is 5.52. The lowest BCUT2D eigenvalue weighted by atomic mass is 10.0. The molecule has 0 aliphatic heterocycles. The summed E-state index contributed by atoms with van der Waals surface area (Å²) in [5.74, 6) is -0.877.